The number of benzene rings is 2. The Balaban J connectivity index is 1.51. The normalized spacial score (nSPS) is 19.8. The summed E-state index contributed by atoms with van der Waals surface area (Å²) in [5.41, 5.74) is 7.71. The molecule has 2 unspecified atom stereocenters. The minimum absolute atomic E-state index is 0.0187. The Morgan fingerprint density at radius 1 is 1.32 bits per heavy atom. The summed E-state index contributed by atoms with van der Waals surface area (Å²) in [5.74, 6) is -0.741. The number of phenolic OH excluding ortho intramolecular Hbond substituents is 1. The lowest BCUT2D eigenvalue weighted by Crippen LogP contribution is -2.54. The number of nitrogens with two attached hydrogens (primary N) is 1. The number of nitrogens with zero attached hydrogens (tertiary/aromatic N) is 4. The Bertz CT molecular complexity index is 1330. The molecule has 9 nitrogen and oxygen atoms in total. The van der Waals surface area contributed by atoms with E-state index in [1.807, 2.05) is 47.4 Å². The van der Waals surface area contributed by atoms with Crippen LogP contribution in [0, 0.1) is 11.3 Å². The third-order valence-corrected chi connectivity index (χ3v) is 7.02. The van der Waals surface area contributed by atoms with E-state index < -0.39 is 17.6 Å². The lowest BCUT2D eigenvalue weighted by atomic mass is 9.83. The van der Waals surface area contributed by atoms with Crippen molar-refractivity contribution in [3.8, 4) is 22.9 Å². The highest BCUT2D eigenvalue weighted by Gasteiger charge is 2.46. The smallest absolute Gasteiger partial charge is 0.254 e. The zero-order valence-electron chi connectivity index (χ0n) is 20.5. The number of amides is 2. The van der Waals surface area contributed by atoms with Crippen LogP contribution in [0.1, 0.15) is 41.3 Å². The lowest BCUT2D eigenvalue weighted by molar-refractivity contribution is -0.105. The number of aromatic nitrogens is 2. The molecule has 1 saturated heterocycles. The van der Waals surface area contributed by atoms with Crippen molar-refractivity contribution in [1.82, 2.24) is 14.7 Å². The molecular weight excluding hydrogens is 475 g/mol. The Hall–Kier alpha value is -4.23. The number of aromatic hydroxyl groups is 1. The monoisotopic (exact) mass is 504 g/mol. The predicted octanol–water partition coefficient (Wildman–Crippen LogP) is 3.34. The maximum absolute atomic E-state index is 15.8. The first-order chi connectivity index (χ1) is 17.8. The van der Waals surface area contributed by atoms with Crippen LogP contribution in [0.4, 0.5) is 10.2 Å². The van der Waals surface area contributed by atoms with Crippen LogP contribution in [0.5, 0.6) is 5.75 Å². The summed E-state index contributed by atoms with van der Waals surface area (Å²) in [5, 5.41) is 26.6. The fourth-order valence-corrected chi connectivity index (χ4v) is 4.86. The van der Waals surface area contributed by atoms with Crippen molar-refractivity contribution in [3.05, 3.63) is 65.4 Å². The van der Waals surface area contributed by atoms with E-state index in [0.29, 0.717) is 19.5 Å². The van der Waals surface area contributed by atoms with Gasteiger partial charge in [0.15, 0.2) is 5.82 Å². The number of rotatable bonds is 9. The average Bonchev–Trinajstić information content (AvgIpc) is 3.31. The van der Waals surface area contributed by atoms with Gasteiger partial charge in [-0.05, 0) is 35.6 Å². The molecule has 1 fully saturated rings. The molecule has 2 aromatic carbocycles. The number of nitrogens with one attached hydrogen (secondary N) is 1. The molecule has 192 valence electrons. The number of alkyl halides is 1. The van der Waals surface area contributed by atoms with Crippen molar-refractivity contribution >= 4 is 18.1 Å². The summed E-state index contributed by atoms with van der Waals surface area (Å²) < 4.78 is 17.0. The third-order valence-electron chi connectivity index (χ3n) is 7.02. The van der Waals surface area contributed by atoms with Gasteiger partial charge in [0.1, 0.15) is 23.0 Å². The molecule has 2 atom stereocenters. The van der Waals surface area contributed by atoms with E-state index in [1.54, 1.807) is 6.07 Å². The summed E-state index contributed by atoms with van der Waals surface area (Å²) in [4.78, 5) is 24.6. The average molecular weight is 505 g/mol. The summed E-state index contributed by atoms with van der Waals surface area (Å²) in [7, 11) is 0. The molecule has 0 aliphatic carbocycles. The van der Waals surface area contributed by atoms with Gasteiger partial charge in [0.05, 0.1) is 12.5 Å². The first kappa shape index (κ1) is 25.9. The van der Waals surface area contributed by atoms with Crippen molar-refractivity contribution in [2.45, 2.75) is 44.4 Å². The topological polar surface area (TPSA) is 137 Å². The number of phenols is 1. The van der Waals surface area contributed by atoms with E-state index >= 15 is 4.39 Å². The molecule has 10 heteroatoms. The number of hydrogen-bond acceptors (Lipinski definition) is 6. The molecule has 4 rings (SSSR count). The lowest BCUT2D eigenvalue weighted by Gasteiger charge is -2.43. The number of primary amides is 1. The first-order valence-electron chi connectivity index (χ1n) is 12.1. The van der Waals surface area contributed by atoms with E-state index in [4.69, 9.17) is 5.73 Å². The Kier molecular flexibility index (Phi) is 7.55. The van der Waals surface area contributed by atoms with E-state index in [2.05, 4.69) is 17.3 Å². The summed E-state index contributed by atoms with van der Waals surface area (Å²) in [6.45, 7) is 2.97. The minimum Gasteiger partial charge on any atom is -0.507 e. The zero-order chi connectivity index (χ0) is 26.6. The largest absolute Gasteiger partial charge is 0.507 e. The molecule has 3 aromatic rings. The van der Waals surface area contributed by atoms with E-state index in [1.165, 1.54) is 16.4 Å². The fourth-order valence-electron chi connectivity index (χ4n) is 4.86. The summed E-state index contributed by atoms with van der Waals surface area (Å²) in [6.07, 6.45) is 1.17. The molecule has 0 spiro atoms. The highest BCUT2D eigenvalue weighted by Crippen LogP contribution is 2.37. The summed E-state index contributed by atoms with van der Waals surface area (Å²) in [6, 6.07) is 15.5. The van der Waals surface area contributed by atoms with Gasteiger partial charge in [0, 0.05) is 31.4 Å². The van der Waals surface area contributed by atoms with Crippen LogP contribution in [-0.2, 0) is 23.3 Å². The molecule has 2 amide bonds. The highest BCUT2D eigenvalue weighted by molar-refractivity contribution is 5.99. The van der Waals surface area contributed by atoms with Gasteiger partial charge in [-0.15, -0.1) is 0 Å². The maximum Gasteiger partial charge on any atom is 0.254 e. The van der Waals surface area contributed by atoms with E-state index in [9.17, 15) is 20.0 Å². The molecule has 2 heterocycles. The molecule has 37 heavy (non-hydrogen) atoms. The number of likely N-dealkylation sites (tertiary alicyclic amines) is 1. The van der Waals surface area contributed by atoms with Crippen LogP contribution in [0.25, 0.3) is 11.1 Å². The van der Waals surface area contributed by atoms with Gasteiger partial charge in [-0.25, -0.2) is 4.39 Å². The third kappa shape index (κ3) is 5.17. The standard InChI is InChI=1S/C27H29FN6O3/c1-2-18-3-6-20(7-4-18)21-8-5-19(13-23(21)36)14-33-12-10-27(9-11-29,24(28)16-33)34-15-22(25(30)37)26(32-34)31-17-35/h3-8,13,15,17,24,36H,2,9-10,12,14,16H2,1H3,(H2,30,37)(H,31,32,35). The van der Waals surface area contributed by atoms with Gasteiger partial charge in [0.2, 0.25) is 6.41 Å². The maximum atomic E-state index is 15.8. The number of aryl methyl sites for hydroxylation is 1. The Labute approximate surface area is 214 Å². The van der Waals surface area contributed by atoms with Gasteiger partial charge in [-0.1, -0.05) is 43.3 Å². The Morgan fingerprint density at radius 3 is 2.65 bits per heavy atom. The SMILES string of the molecule is CCc1ccc(-c2ccc(CN3CCC(CC#N)(n4cc(C(N)=O)c(NC=O)n4)C(F)C3)cc2O)cc1. The number of anilines is 1. The van der Waals surface area contributed by atoms with Crippen LogP contribution in [0.15, 0.2) is 48.7 Å². The number of carbonyl (C=O) groups excluding carboxylic acids is 2. The number of carbonyl (C=O) groups is 2. The van der Waals surface area contributed by atoms with Gasteiger partial charge in [-0.3, -0.25) is 19.2 Å². The Morgan fingerprint density at radius 2 is 2.05 bits per heavy atom. The van der Waals surface area contributed by atoms with Gasteiger partial charge < -0.3 is 16.2 Å². The highest BCUT2D eigenvalue weighted by atomic mass is 19.1. The van der Waals surface area contributed by atoms with Crippen molar-refractivity contribution in [3.63, 3.8) is 0 Å². The predicted molar refractivity (Wildman–Crippen MR) is 136 cm³/mol. The van der Waals surface area contributed by atoms with Crippen molar-refractivity contribution < 1.29 is 19.1 Å². The second kappa shape index (κ2) is 10.8. The molecule has 1 aromatic heterocycles. The molecule has 1 aliphatic heterocycles. The molecule has 0 radical (unpaired) electrons. The van der Waals surface area contributed by atoms with Gasteiger partial charge in [0.25, 0.3) is 5.91 Å². The van der Waals surface area contributed by atoms with Crippen LogP contribution in [-0.4, -0.2) is 51.4 Å². The van der Waals surface area contributed by atoms with Gasteiger partial charge >= 0.3 is 0 Å². The van der Waals surface area contributed by atoms with Crippen LogP contribution in [0.2, 0.25) is 0 Å². The number of hydrogen-bond donors (Lipinski definition) is 3. The van der Waals surface area contributed by atoms with Crippen LogP contribution in [0.3, 0.4) is 0 Å². The van der Waals surface area contributed by atoms with Gasteiger partial charge in [-0.2, -0.15) is 10.4 Å². The number of piperidine rings is 1. The minimum atomic E-state index is -1.49. The molecular formula is C27H29FN6O3. The van der Waals surface area contributed by atoms with Crippen molar-refractivity contribution in [2.24, 2.45) is 5.73 Å². The quantitative estimate of drug-likeness (QED) is 0.382. The number of nitriles is 1. The van der Waals surface area contributed by atoms with Crippen molar-refractivity contribution in [2.75, 3.05) is 18.4 Å². The number of halogens is 1. The molecule has 1 aliphatic rings. The second-order valence-electron chi connectivity index (χ2n) is 9.26. The fraction of sp³-hybridized carbons (Fsp3) is 0.333. The van der Waals surface area contributed by atoms with Crippen LogP contribution >= 0.6 is 0 Å². The van der Waals surface area contributed by atoms with E-state index in [-0.39, 0.29) is 36.5 Å². The van der Waals surface area contributed by atoms with Crippen molar-refractivity contribution in [1.29, 1.82) is 5.26 Å². The molecule has 0 bridgehead atoms. The molecule has 4 N–H and O–H groups in total. The molecule has 0 saturated carbocycles. The second-order valence-corrected chi connectivity index (χ2v) is 9.26. The van der Waals surface area contributed by atoms with Crippen LogP contribution < -0.4 is 11.1 Å². The first-order valence-corrected chi connectivity index (χ1v) is 12.1. The summed E-state index contributed by atoms with van der Waals surface area (Å²) >= 11 is 0. The van der Waals surface area contributed by atoms with E-state index in [0.717, 1.165) is 23.1 Å². The zero-order valence-corrected chi connectivity index (χ0v) is 20.5.